The first-order chi connectivity index (χ1) is 7.02. The Balaban J connectivity index is 2.83. The van der Waals surface area contributed by atoms with Crippen LogP contribution in [-0.4, -0.2) is 17.6 Å². The van der Waals surface area contributed by atoms with E-state index < -0.39 is 17.6 Å². The van der Waals surface area contributed by atoms with Gasteiger partial charge in [0.15, 0.2) is 0 Å². The van der Waals surface area contributed by atoms with Gasteiger partial charge in [-0.3, -0.25) is 19.7 Å². The molecule has 5 nitrogen and oxygen atoms in total. The third-order valence-electron chi connectivity index (χ3n) is 1.75. The lowest BCUT2D eigenvalue weighted by molar-refractivity contribution is -0.136. The number of para-hydroxylation sites is 1. The Hall–Kier alpha value is -2.17. The molecule has 0 bridgehead atoms. The third-order valence-corrected chi connectivity index (χ3v) is 1.75. The Labute approximate surface area is 86.3 Å². The fourth-order valence-electron chi connectivity index (χ4n) is 0.962. The highest BCUT2D eigenvalue weighted by Gasteiger charge is 2.15. The SMILES string of the molecule is CC(=O)C(=O)NC(=O)c1ccccc1N. The van der Waals surface area contributed by atoms with Crippen molar-refractivity contribution in [1.29, 1.82) is 0 Å². The van der Waals surface area contributed by atoms with Crippen molar-refractivity contribution in [2.45, 2.75) is 6.92 Å². The molecule has 2 amide bonds. The second-order valence-electron chi connectivity index (χ2n) is 2.93. The van der Waals surface area contributed by atoms with Crippen molar-refractivity contribution < 1.29 is 14.4 Å². The third kappa shape index (κ3) is 2.63. The summed E-state index contributed by atoms with van der Waals surface area (Å²) in [6.45, 7) is 1.08. The molecule has 0 aliphatic heterocycles. The van der Waals surface area contributed by atoms with E-state index in [2.05, 4.69) is 0 Å². The molecule has 1 rings (SSSR count). The molecule has 0 aromatic heterocycles. The van der Waals surface area contributed by atoms with Crippen molar-refractivity contribution in [1.82, 2.24) is 5.32 Å². The van der Waals surface area contributed by atoms with E-state index in [1.165, 1.54) is 12.1 Å². The number of nitrogens with two attached hydrogens (primary N) is 1. The maximum absolute atomic E-state index is 11.4. The number of Topliss-reactive ketones (excluding diaryl/α,β-unsaturated/α-hetero) is 1. The lowest BCUT2D eigenvalue weighted by atomic mass is 10.1. The summed E-state index contributed by atoms with van der Waals surface area (Å²) >= 11 is 0. The molecule has 0 saturated heterocycles. The Morgan fingerprint density at radius 2 is 1.80 bits per heavy atom. The second-order valence-corrected chi connectivity index (χ2v) is 2.93. The standard InChI is InChI=1S/C10H10N2O3/c1-6(13)9(14)12-10(15)7-4-2-3-5-8(7)11/h2-5H,11H2,1H3,(H,12,14,15). The number of nitrogens with one attached hydrogen (secondary N) is 1. The summed E-state index contributed by atoms with van der Waals surface area (Å²) in [7, 11) is 0. The van der Waals surface area contributed by atoms with Crippen molar-refractivity contribution in [3.8, 4) is 0 Å². The average Bonchev–Trinajstić information content (AvgIpc) is 2.18. The molecule has 0 radical (unpaired) electrons. The van der Waals surface area contributed by atoms with E-state index in [1.54, 1.807) is 12.1 Å². The van der Waals surface area contributed by atoms with Gasteiger partial charge in [-0.2, -0.15) is 0 Å². The van der Waals surface area contributed by atoms with Crippen LogP contribution in [0.25, 0.3) is 0 Å². The average molecular weight is 206 g/mol. The van der Waals surface area contributed by atoms with Crippen molar-refractivity contribution in [2.75, 3.05) is 5.73 Å². The zero-order valence-electron chi connectivity index (χ0n) is 8.11. The number of carbonyl (C=O) groups excluding carboxylic acids is 3. The minimum atomic E-state index is -0.941. The Morgan fingerprint density at radius 1 is 1.20 bits per heavy atom. The van der Waals surface area contributed by atoms with Crippen LogP contribution in [0.5, 0.6) is 0 Å². The van der Waals surface area contributed by atoms with Gasteiger partial charge in [0.2, 0.25) is 5.78 Å². The minimum absolute atomic E-state index is 0.173. The van der Waals surface area contributed by atoms with Crippen LogP contribution < -0.4 is 11.1 Å². The number of anilines is 1. The highest BCUT2D eigenvalue weighted by Crippen LogP contribution is 2.09. The molecule has 0 spiro atoms. The van der Waals surface area contributed by atoms with Crippen LogP contribution in [-0.2, 0) is 9.59 Å². The molecular formula is C10H10N2O3. The van der Waals surface area contributed by atoms with Crippen LogP contribution >= 0.6 is 0 Å². The number of amides is 2. The summed E-state index contributed by atoms with van der Waals surface area (Å²) in [5.41, 5.74) is 5.95. The molecule has 78 valence electrons. The van der Waals surface area contributed by atoms with Gasteiger partial charge < -0.3 is 5.73 Å². The summed E-state index contributed by atoms with van der Waals surface area (Å²) in [4.78, 5) is 32.9. The minimum Gasteiger partial charge on any atom is -0.398 e. The molecule has 0 unspecified atom stereocenters. The number of ketones is 1. The number of hydrogen-bond acceptors (Lipinski definition) is 4. The monoisotopic (exact) mass is 206 g/mol. The smallest absolute Gasteiger partial charge is 0.293 e. The van der Waals surface area contributed by atoms with Crippen molar-refractivity contribution in [3.05, 3.63) is 29.8 Å². The summed E-state index contributed by atoms with van der Waals surface area (Å²) in [6, 6.07) is 6.29. The van der Waals surface area contributed by atoms with Gasteiger partial charge in [0.1, 0.15) is 0 Å². The lowest BCUT2D eigenvalue weighted by Gasteiger charge is -2.04. The maximum atomic E-state index is 11.4. The first-order valence-electron chi connectivity index (χ1n) is 4.23. The van der Waals surface area contributed by atoms with Gasteiger partial charge in [0.25, 0.3) is 11.8 Å². The van der Waals surface area contributed by atoms with E-state index in [4.69, 9.17) is 5.73 Å². The molecule has 0 heterocycles. The second kappa shape index (κ2) is 4.36. The van der Waals surface area contributed by atoms with Crippen molar-refractivity contribution >= 4 is 23.3 Å². The van der Waals surface area contributed by atoms with Crippen LogP contribution in [0.3, 0.4) is 0 Å². The van der Waals surface area contributed by atoms with Crippen LogP contribution in [0.2, 0.25) is 0 Å². The highest BCUT2D eigenvalue weighted by molar-refractivity contribution is 6.38. The predicted octanol–water partition coefficient (Wildman–Crippen LogP) is 0.114. The van der Waals surface area contributed by atoms with Gasteiger partial charge >= 0.3 is 0 Å². The molecule has 15 heavy (non-hydrogen) atoms. The Kier molecular flexibility index (Phi) is 3.17. The molecular weight excluding hydrogens is 196 g/mol. The normalized spacial score (nSPS) is 9.40. The fourth-order valence-corrected chi connectivity index (χ4v) is 0.962. The van der Waals surface area contributed by atoms with E-state index in [0.717, 1.165) is 6.92 Å². The number of imide groups is 1. The molecule has 5 heteroatoms. The lowest BCUT2D eigenvalue weighted by Crippen LogP contribution is -2.35. The zero-order valence-corrected chi connectivity index (χ0v) is 8.11. The van der Waals surface area contributed by atoms with Gasteiger partial charge in [-0.05, 0) is 12.1 Å². The highest BCUT2D eigenvalue weighted by atomic mass is 16.2. The van der Waals surface area contributed by atoms with Crippen molar-refractivity contribution in [2.24, 2.45) is 0 Å². The molecule has 1 aromatic rings. The number of hydrogen-bond donors (Lipinski definition) is 2. The van der Waals surface area contributed by atoms with Gasteiger partial charge in [-0.15, -0.1) is 0 Å². The van der Waals surface area contributed by atoms with Gasteiger partial charge in [0.05, 0.1) is 5.56 Å². The van der Waals surface area contributed by atoms with E-state index >= 15 is 0 Å². The van der Waals surface area contributed by atoms with E-state index in [1.807, 2.05) is 5.32 Å². The van der Waals surface area contributed by atoms with Gasteiger partial charge in [-0.1, -0.05) is 12.1 Å². The van der Waals surface area contributed by atoms with Crippen LogP contribution in [0.4, 0.5) is 5.69 Å². The van der Waals surface area contributed by atoms with Gasteiger partial charge in [-0.25, -0.2) is 0 Å². The molecule has 0 aliphatic carbocycles. The van der Waals surface area contributed by atoms with Crippen LogP contribution in [0, 0.1) is 0 Å². The number of benzene rings is 1. The first-order valence-corrected chi connectivity index (χ1v) is 4.23. The van der Waals surface area contributed by atoms with Crippen molar-refractivity contribution in [3.63, 3.8) is 0 Å². The summed E-state index contributed by atoms with van der Waals surface area (Å²) in [5.74, 6) is -2.34. The van der Waals surface area contributed by atoms with Crippen LogP contribution in [0.15, 0.2) is 24.3 Å². The zero-order chi connectivity index (χ0) is 11.4. The number of nitrogen functional groups attached to an aromatic ring is 1. The molecule has 1 aromatic carbocycles. The van der Waals surface area contributed by atoms with Crippen LogP contribution in [0.1, 0.15) is 17.3 Å². The Morgan fingerprint density at radius 3 is 2.33 bits per heavy atom. The van der Waals surface area contributed by atoms with Gasteiger partial charge in [0, 0.05) is 12.6 Å². The molecule has 0 fully saturated rings. The summed E-state index contributed by atoms with van der Waals surface area (Å²) < 4.78 is 0. The molecule has 0 saturated carbocycles. The fraction of sp³-hybridized carbons (Fsp3) is 0.100. The van der Waals surface area contributed by atoms with E-state index in [-0.39, 0.29) is 11.3 Å². The first kappa shape index (κ1) is 10.9. The number of rotatable bonds is 2. The largest absolute Gasteiger partial charge is 0.398 e. The maximum Gasteiger partial charge on any atom is 0.293 e. The van der Waals surface area contributed by atoms with E-state index in [9.17, 15) is 14.4 Å². The van der Waals surface area contributed by atoms with E-state index in [0.29, 0.717) is 0 Å². The summed E-state index contributed by atoms with van der Waals surface area (Å²) in [6.07, 6.45) is 0. The predicted molar refractivity (Wildman–Crippen MR) is 54.0 cm³/mol. The number of carbonyl (C=O) groups is 3. The topological polar surface area (TPSA) is 89.3 Å². The quantitative estimate of drug-likeness (QED) is 0.531. The molecule has 0 atom stereocenters. The molecule has 3 N–H and O–H groups in total. The summed E-state index contributed by atoms with van der Waals surface area (Å²) in [5, 5.41) is 1.93. The molecule has 0 aliphatic rings. The Bertz CT molecular complexity index is 426.